The number of furan rings is 1. The Hall–Kier alpha value is -3.15. The first-order valence-corrected chi connectivity index (χ1v) is 8.26. The lowest BCUT2D eigenvalue weighted by atomic mass is 9.85. The van der Waals surface area contributed by atoms with E-state index in [-0.39, 0.29) is 17.7 Å². The van der Waals surface area contributed by atoms with Crippen molar-refractivity contribution in [1.29, 1.82) is 0 Å². The van der Waals surface area contributed by atoms with E-state index in [9.17, 15) is 9.59 Å². The highest BCUT2D eigenvalue weighted by molar-refractivity contribution is 6.07. The first-order valence-electron chi connectivity index (χ1n) is 8.26. The van der Waals surface area contributed by atoms with Gasteiger partial charge in [-0.25, -0.2) is 4.98 Å². The molecule has 2 aromatic heterocycles. The predicted molar refractivity (Wildman–Crippen MR) is 92.4 cm³/mol. The maximum Gasteiger partial charge on any atom is 0.270 e. The summed E-state index contributed by atoms with van der Waals surface area (Å²) >= 11 is 0. The van der Waals surface area contributed by atoms with E-state index >= 15 is 0 Å². The number of aromatic nitrogens is 1. The monoisotopic (exact) mass is 335 g/mol. The van der Waals surface area contributed by atoms with Crippen molar-refractivity contribution >= 4 is 22.7 Å². The smallest absolute Gasteiger partial charge is 0.270 e. The predicted octanol–water partition coefficient (Wildman–Crippen LogP) is 3.06. The highest BCUT2D eigenvalue weighted by atomic mass is 16.3. The van der Waals surface area contributed by atoms with E-state index in [0.717, 1.165) is 19.3 Å². The van der Waals surface area contributed by atoms with Crippen molar-refractivity contribution in [2.24, 2.45) is 5.92 Å². The highest BCUT2D eigenvalue weighted by Gasteiger charge is 2.25. The molecule has 6 heteroatoms. The minimum Gasteiger partial charge on any atom is -0.463 e. The molecule has 126 valence electrons. The van der Waals surface area contributed by atoms with Gasteiger partial charge in [0.05, 0.1) is 17.3 Å². The first kappa shape index (κ1) is 15.4. The molecular weight excluding hydrogens is 318 g/mol. The van der Waals surface area contributed by atoms with Crippen LogP contribution < -0.4 is 10.9 Å². The summed E-state index contributed by atoms with van der Waals surface area (Å²) in [4.78, 5) is 29.1. The molecule has 0 saturated heterocycles. The zero-order valence-electron chi connectivity index (χ0n) is 13.5. The lowest BCUT2D eigenvalue weighted by Gasteiger charge is -2.24. The fourth-order valence-electron chi connectivity index (χ4n) is 2.87. The zero-order chi connectivity index (χ0) is 17.2. The van der Waals surface area contributed by atoms with Crippen LogP contribution in [0.1, 0.15) is 29.6 Å². The second-order valence-corrected chi connectivity index (χ2v) is 6.12. The van der Waals surface area contributed by atoms with E-state index in [4.69, 9.17) is 4.42 Å². The van der Waals surface area contributed by atoms with Gasteiger partial charge in [-0.3, -0.25) is 20.4 Å². The van der Waals surface area contributed by atoms with Gasteiger partial charge in [-0.2, -0.15) is 0 Å². The van der Waals surface area contributed by atoms with E-state index in [1.54, 1.807) is 24.5 Å². The molecule has 2 amide bonds. The lowest BCUT2D eigenvalue weighted by Crippen LogP contribution is -2.46. The molecule has 0 spiro atoms. The summed E-state index contributed by atoms with van der Waals surface area (Å²) in [6.07, 6.45) is 4.38. The van der Waals surface area contributed by atoms with Gasteiger partial charge in [0.25, 0.3) is 5.91 Å². The third-order valence-corrected chi connectivity index (χ3v) is 4.51. The maximum absolute atomic E-state index is 12.6. The van der Waals surface area contributed by atoms with Crippen molar-refractivity contribution in [1.82, 2.24) is 15.8 Å². The normalized spacial score (nSPS) is 14.1. The van der Waals surface area contributed by atoms with Crippen LogP contribution in [-0.4, -0.2) is 16.8 Å². The molecule has 0 aliphatic heterocycles. The molecule has 3 aromatic rings. The summed E-state index contributed by atoms with van der Waals surface area (Å²) in [6, 6.07) is 12.6. The van der Waals surface area contributed by atoms with Crippen molar-refractivity contribution in [3.63, 3.8) is 0 Å². The number of para-hydroxylation sites is 1. The third kappa shape index (κ3) is 2.98. The number of fused-ring (bicyclic) bond motifs is 1. The van der Waals surface area contributed by atoms with Crippen LogP contribution in [0.4, 0.5) is 0 Å². The van der Waals surface area contributed by atoms with Crippen LogP contribution in [0.2, 0.25) is 0 Å². The average molecular weight is 335 g/mol. The lowest BCUT2D eigenvalue weighted by molar-refractivity contribution is -0.128. The fourth-order valence-corrected chi connectivity index (χ4v) is 2.87. The standard InChI is InChI=1S/C19H17N3O3/c23-18(12-5-3-6-12)21-22-19(24)14-11-16(17-9-4-10-25-17)20-15-8-2-1-7-13(14)15/h1-2,4,7-12H,3,5-6H2,(H,21,23)(H,22,24). The number of carbonyl (C=O) groups is 2. The molecule has 0 atom stereocenters. The average Bonchev–Trinajstić information content (AvgIpc) is 3.12. The number of benzene rings is 1. The first-order chi connectivity index (χ1) is 12.2. The Labute approximate surface area is 144 Å². The number of hydrogen-bond acceptors (Lipinski definition) is 4. The van der Waals surface area contributed by atoms with E-state index in [0.29, 0.717) is 27.9 Å². The summed E-state index contributed by atoms with van der Waals surface area (Å²) in [5.74, 6) is 0.0785. The van der Waals surface area contributed by atoms with Crippen LogP contribution in [0.5, 0.6) is 0 Å². The summed E-state index contributed by atoms with van der Waals surface area (Å²) in [5.41, 5.74) is 6.73. The summed E-state index contributed by atoms with van der Waals surface area (Å²) in [5, 5.41) is 0.716. The zero-order valence-corrected chi connectivity index (χ0v) is 13.5. The molecule has 2 heterocycles. The molecule has 25 heavy (non-hydrogen) atoms. The quantitative estimate of drug-likeness (QED) is 0.721. The molecule has 2 N–H and O–H groups in total. The van der Waals surface area contributed by atoms with Crippen LogP contribution >= 0.6 is 0 Å². The molecule has 0 unspecified atom stereocenters. The Kier molecular flexibility index (Phi) is 3.93. The van der Waals surface area contributed by atoms with Crippen LogP contribution in [-0.2, 0) is 4.79 Å². The number of nitrogens with one attached hydrogen (secondary N) is 2. The Balaban J connectivity index is 1.64. The van der Waals surface area contributed by atoms with Gasteiger partial charge in [0.1, 0.15) is 5.69 Å². The van der Waals surface area contributed by atoms with Gasteiger partial charge in [0.2, 0.25) is 5.91 Å². The molecule has 0 bridgehead atoms. The van der Waals surface area contributed by atoms with Gasteiger partial charge in [-0.15, -0.1) is 0 Å². The Morgan fingerprint density at radius 2 is 1.92 bits per heavy atom. The van der Waals surface area contributed by atoms with Gasteiger partial charge < -0.3 is 4.42 Å². The molecular formula is C19H17N3O3. The van der Waals surface area contributed by atoms with E-state index in [1.807, 2.05) is 24.3 Å². The largest absolute Gasteiger partial charge is 0.463 e. The molecule has 6 nitrogen and oxygen atoms in total. The number of nitrogens with zero attached hydrogens (tertiary/aromatic N) is 1. The number of hydrazine groups is 1. The van der Waals surface area contributed by atoms with Crippen LogP contribution in [0, 0.1) is 5.92 Å². The Morgan fingerprint density at radius 3 is 2.64 bits per heavy atom. The molecule has 1 fully saturated rings. The van der Waals surface area contributed by atoms with Crippen LogP contribution in [0.3, 0.4) is 0 Å². The molecule has 0 radical (unpaired) electrons. The SMILES string of the molecule is O=C(NNC(=O)C1CCC1)c1cc(-c2ccco2)nc2ccccc12. The van der Waals surface area contributed by atoms with Gasteiger partial charge in [-0.05, 0) is 37.1 Å². The van der Waals surface area contributed by atoms with Crippen molar-refractivity contribution in [2.75, 3.05) is 0 Å². The van der Waals surface area contributed by atoms with Crippen molar-refractivity contribution in [2.45, 2.75) is 19.3 Å². The summed E-state index contributed by atoms with van der Waals surface area (Å²) in [6.45, 7) is 0. The molecule has 1 aliphatic rings. The number of pyridine rings is 1. The second-order valence-electron chi connectivity index (χ2n) is 6.12. The number of hydrogen-bond donors (Lipinski definition) is 2. The fraction of sp³-hybridized carbons (Fsp3) is 0.211. The van der Waals surface area contributed by atoms with Gasteiger partial charge in [0.15, 0.2) is 5.76 Å². The number of rotatable bonds is 3. The Bertz CT molecular complexity index is 930. The minimum atomic E-state index is -0.376. The molecule has 1 aromatic carbocycles. The number of carbonyl (C=O) groups excluding carboxylic acids is 2. The van der Waals surface area contributed by atoms with Gasteiger partial charge in [0, 0.05) is 11.3 Å². The van der Waals surface area contributed by atoms with Gasteiger partial charge in [-0.1, -0.05) is 24.6 Å². The van der Waals surface area contributed by atoms with Gasteiger partial charge >= 0.3 is 0 Å². The third-order valence-electron chi connectivity index (χ3n) is 4.51. The summed E-state index contributed by atoms with van der Waals surface area (Å²) in [7, 11) is 0. The summed E-state index contributed by atoms with van der Waals surface area (Å²) < 4.78 is 5.39. The van der Waals surface area contributed by atoms with Crippen molar-refractivity contribution < 1.29 is 14.0 Å². The molecule has 1 aliphatic carbocycles. The molecule has 4 rings (SSSR count). The van der Waals surface area contributed by atoms with E-state index in [1.165, 1.54) is 0 Å². The number of amides is 2. The van der Waals surface area contributed by atoms with E-state index in [2.05, 4.69) is 15.8 Å². The van der Waals surface area contributed by atoms with E-state index < -0.39 is 0 Å². The topological polar surface area (TPSA) is 84.2 Å². The highest BCUT2D eigenvalue weighted by Crippen LogP contribution is 2.26. The Morgan fingerprint density at radius 1 is 1.08 bits per heavy atom. The second kappa shape index (κ2) is 6.39. The minimum absolute atomic E-state index is 0.00756. The maximum atomic E-state index is 12.6. The van der Waals surface area contributed by atoms with Crippen LogP contribution in [0.25, 0.3) is 22.4 Å². The van der Waals surface area contributed by atoms with Crippen molar-refractivity contribution in [3.8, 4) is 11.5 Å². The van der Waals surface area contributed by atoms with Crippen LogP contribution in [0.15, 0.2) is 53.1 Å². The molecule has 1 saturated carbocycles. The van der Waals surface area contributed by atoms with Crippen molar-refractivity contribution in [3.05, 3.63) is 54.3 Å².